The number of ether oxygens (including phenoxy) is 1. The molecule has 1 amide bonds. The van der Waals surface area contributed by atoms with Gasteiger partial charge in [-0.05, 0) is 43.0 Å². The van der Waals surface area contributed by atoms with E-state index >= 15 is 0 Å². The van der Waals surface area contributed by atoms with Crippen LogP contribution in [0.3, 0.4) is 0 Å². The number of hydrogen-bond donors (Lipinski definition) is 1. The fourth-order valence-electron chi connectivity index (χ4n) is 2.11. The summed E-state index contributed by atoms with van der Waals surface area (Å²) in [6, 6.07) is 1.89. The van der Waals surface area contributed by atoms with Crippen molar-refractivity contribution in [2.24, 2.45) is 5.73 Å². The first-order chi connectivity index (χ1) is 7.52. The van der Waals surface area contributed by atoms with E-state index in [0.29, 0.717) is 5.56 Å². The minimum atomic E-state index is -0.366. The summed E-state index contributed by atoms with van der Waals surface area (Å²) in [7, 11) is 1.65. The fraction of sp³-hybridized carbons (Fsp3) is 0.462. The number of nitrogens with two attached hydrogens (primary N) is 1. The lowest BCUT2D eigenvalue weighted by molar-refractivity contribution is 0.0999. The fourth-order valence-corrected chi connectivity index (χ4v) is 2.11. The standard InChI is InChI=1S/C13H19NO2/c1-5-6-10-9(3)12(13(14)15)8(2)7-11(10)16-4/h7H,5-6H2,1-4H3,(H2,14,15). The van der Waals surface area contributed by atoms with E-state index in [1.807, 2.05) is 19.9 Å². The zero-order chi connectivity index (χ0) is 12.3. The van der Waals surface area contributed by atoms with Crippen molar-refractivity contribution in [3.8, 4) is 5.75 Å². The van der Waals surface area contributed by atoms with Crippen molar-refractivity contribution < 1.29 is 9.53 Å². The van der Waals surface area contributed by atoms with E-state index in [0.717, 1.165) is 35.3 Å². The number of rotatable bonds is 4. The monoisotopic (exact) mass is 221 g/mol. The highest BCUT2D eigenvalue weighted by atomic mass is 16.5. The van der Waals surface area contributed by atoms with Crippen LogP contribution in [0.15, 0.2) is 6.07 Å². The van der Waals surface area contributed by atoms with Gasteiger partial charge >= 0.3 is 0 Å². The predicted octanol–water partition coefficient (Wildman–Crippen LogP) is 2.36. The number of methoxy groups -OCH3 is 1. The quantitative estimate of drug-likeness (QED) is 0.848. The summed E-state index contributed by atoms with van der Waals surface area (Å²) in [5.74, 6) is 0.483. The average Bonchev–Trinajstić information content (AvgIpc) is 2.21. The molecular weight excluding hydrogens is 202 g/mol. The minimum absolute atomic E-state index is 0.366. The van der Waals surface area contributed by atoms with Crippen LogP contribution in [0.1, 0.15) is 40.4 Å². The highest BCUT2D eigenvalue weighted by Gasteiger charge is 2.16. The van der Waals surface area contributed by atoms with Crippen molar-refractivity contribution in [2.45, 2.75) is 33.6 Å². The molecule has 88 valence electrons. The van der Waals surface area contributed by atoms with Crippen molar-refractivity contribution >= 4 is 5.91 Å². The largest absolute Gasteiger partial charge is 0.496 e. The maximum atomic E-state index is 11.4. The number of amides is 1. The minimum Gasteiger partial charge on any atom is -0.496 e. The van der Waals surface area contributed by atoms with E-state index in [1.54, 1.807) is 7.11 Å². The normalized spacial score (nSPS) is 10.2. The third-order valence-electron chi connectivity index (χ3n) is 2.83. The third kappa shape index (κ3) is 2.18. The second-order valence-corrected chi connectivity index (χ2v) is 3.99. The number of carbonyl (C=O) groups excluding carboxylic acids is 1. The molecule has 3 nitrogen and oxygen atoms in total. The van der Waals surface area contributed by atoms with Gasteiger partial charge in [0, 0.05) is 5.56 Å². The first kappa shape index (κ1) is 12.6. The molecule has 3 heteroatoms. The lowest BCUT2D eigenvalue weighted by Gasteiger charge is -2.16. The van der Waals surface area contributed by atoms with E-state index in [4.69, 9.17) is 10.5 Å². The van der Waals surface area contributed by atoms with Crippen LogP contribution < -0.4 is 10.5 Å². The van der Waals surface area contributed by atoms with Crippen molar-refractivity contribution in [3.05, 3.63) is 28.3 Å². The van der Waals surface area contributed by atoms with Crippen LogP contribution in [-0.2, 0) is 6.42 Å². The summed E-state index contributed by atoms with van der Waals surface area (Å²) in [4.78, 5) is 11.4. The second kappa shape index (κ2) is 5.01. The number of carbonyl (C=O) groups is 1. The molecule has 0 atom stereocenters. The van der Waals surface area contributed by atoms with Gasteiger partial charge in [0.05, 0.1) is 7.11 Å². The van der Waals surface area contributed by atoms with Gasteiger partial charge in [0.25, 0.3) is 0 Å². The first-order valence-electron chi connectivity index (χ1n) is 5.49. The van der Waals surface area contributed by atoms with Crippen molar-refractivity contribution in [3.63, 3.8) is 0 Å². The van der Waals surface area contributed by atoms with Gasteiger partial charge in [-0.1, -0.05) is 13.3 Å². The lowest BCUT2D eigenvalue weighted by Crippen LogP contribution is -2.16. The SMILES string of the molecule is CCCc1c(OC)cc(C)c(C(N)=O)c1C. The summed E-state index contributed by atoms with van der Waals surface area (Å²) in [5, 5.41) is 0. The second-order valence-electron chi connectivity index (χ2n) is 3.99. The van der Waals surface area contributed by atoms with E-state index < -0.39 is 0 Å². The van der Waals surface area contributed by atoms with Gasteiger partial charge in [0.1, 0.15) is 5.75 Å². The van der Waals surface area contributed by atoms with E-state index in [2.05, 4.69) is 6.92 Å². The molecule has 0 aliphatic rings. The Morgan fingerprint density at radius 3 is 2.50 bits per heavy atom. The summed E-state index contributed by atoms with van der Waals surface area (Å²) < 4.78 is 5.34. The molecule has 0 heterocycles. The topological polar surface area (TPSA) is 52.3 Å². The van der Waals surface area contributed by atoms with Crippen LogP contribution in [-0.4, -0.2) is 13.0 Å². The Labute approximate surface area is 96.6 Å². The Kier molecular flexibility index (Phi) is 3.93. The summed E-state index contributed by atoms with van der Waals surface area (Å²) in [5.41, 5.74) is 8.94. The van der Waals surface area contributed by atoms with Gasteiger partial charge < -0.3 is 10.5 Å². The number of primary amides is 1. The van der Waals surface area contributed by atoms with Gasteiger partial charge in [0.15, 0.2) is 0 Å². The zero-order valence-electron chi connectivity index (χ0n) is 10.4. The van der Waals surface area contributed by atoms with Gasteiger partial charge in [-0.25, -0.2) is 0 Å². The van der Waals surface area contributed by atoms with Crippen LogP contribution in [0, 0.1) is 13.8 Å². The summed E-state index contributed by atoms with van der Waals surface area (Å²) in [6.45, 7) is 5.91. The average molecular weight is 221 g/mol. The predicted molar refractivity (Wildman–Crippen MR) is 65.0 cm³/mol. The molecule has 0 aliphatic heterocycles. The molecule has 0 saturated carbocycles. The molecule has 0 aromatic heterocycles. The number of hydrogen-bond acceptors (Lipinski definition) is 2. The van der Waals surface area contributed by atoms with Crippen LogP contribution in [0.2, 0.25) is 0 Å². The first-order valence-corrected chi connectivity index (χ1v) is 5.49. The Balaban J connectivity index is 3.45. The molecule has 0 aliphatic carbocycles. The summed E-state index contributed by atoms with van der Waals surface area (Å²) >= 11 is 0. The molecule has 2 N–H and O–H groups in total. The molecule has 0 bridgehead atoms. The van der Waals surface area contributed by atoms with Crippen LogP contribution in [0.4, 0.5) is 0 Å². The van der Waals surface area contributed by atoms with Crippen molar-refractivity contribution in [1.29, 1.82) is 0 Å². The third-order valence-corrected chi connectivity index (χ3v) is 2.83. The zero-order valence-corrected chi connectivity index (χ0v) is 10.4. The number of aryl methyl sites for hydroxylation is 1. The summed E-state index contributed by atoms with van der Waals surface area (Å²) in [6.07, 6.45) is 1.91. The highest BCUT2D eigenvalue weighted by Crippen LogP contribution is 2.29. The van der Waals surface area contributed by atoms with E-state index in [9.17, 15) is 4.79 Å². The highest BCUT2D eigenvalue weighted by molar-refractivity contribution is 5.96. The maximum Gasteiger partial charge on any atom is 0.249 e. The Morgan fingerprint density at radius 1 is 1.44 bits per heavy atom. The van der Waals surface area contributed by atoms with Gasteiger partial charge in [-0.2, -0.15) is 0 Å². The number of benzene rings is 1. The van der Waals surface area contributed by atoms with Crippen LogP contribution in [0.5, 0.6) is 5.75 Å². The Hall–Kier alpha value is -1.51. The Morgan fingerprint density at radius 2 is 2.06 bits per heavy atom. The molecule has 16 heavy (non-hydrogen) atoms. The smallest absolute Gasteiger partial charge is 0.249 e. The molecule has 0 fully saturated rings. The molecule has 0 spiro atoms. The van der Waals surface area contributed by atoms with Gasteiger partial charge in [-0.3, -0.25) is 4.79 Å². The van der Waals surface area contributed by atoms with Crippen molar-refractivity contribution in [2.75, 3.05) is 7.11 Å². The Bertz CT molecular complexity index is 411. The molecule has 1 rings (SSSR count). The lowest BCUT2D eigenvalue weighted by atomic mass is 9.94. The molecule has 0 unspecified atom stereocenters. The molecule has 0 saturated heterocycles. The molecule has 1 aromatic carbocycles. The van der Waals surface area contributed by atoms with E-state index in [1.165, 1.54) is 0 Å². The van der Waals surface area contributed by atoms with Gasteiger partial charge in [0.2, 0.25) is 5.91 Å². The van der Waals surface area contributed by atoms with Crippen molar-refractivity contribution in [1.82, 2.24) is 0 Å². The molecule has 1 aromatic rings. The maximum absolute atomic E-state index is 11.4. The van der Waals surface area contributed by atoms with Crippen LogP contribution >= 0.6 is 0 Å². The molecular formula is C13H19NO2. The van der Waals surface area contributed by atoms with Gasteiger partial charge in [-0.15, -0.1) is 0 Å². The van der Waals surface area contributed by atoms with E-state index in [-0.39, 0.29) is 5.91 Å². The van der Waals surface area contributed by atoms with Crippen LogP contribution in [0.25, 0.3) is 0 Å². The molecule has 0 radical (unpaired) electrons.